The Labute approximate surface area is 68.0 Å². The van der Waals surface area contributed by atoms with Crippen molar-refractivity contribution in [3.05, 3.63) is 12.2 Å². The van der Waals surface area contributed by atoms with Gasteiger partial charge in [0.05, 0.1) is 12.7 Å². The van der Waals surface area contributed by atoms with Crippen molar-refractivity contribution in [1.82, 2.24) is 0 Å². The van der Waals surface area contributed by atoms with E-state index in [1.807, 2.05) is 6.92 Å². The van der Waals surface area contributed by atoms with Crippen LogP contribution >= 0.6 is 11.6 Å². The average molecular weight is 163 g/mol. The predicted octanol–water partition coefficient (Wildman–Crippen LogP) is 2.60. The van der Waals surface area contributed by atoms with E-state index in [-0.39, 0.29) is 0 Å². The fraction of sp³-hybridized carbons (Fsp3) is 0.750. The van der Waals surface area contributed by atoms with Gasteiger partial charge in [0.15, 0.2) is 0 Å². The molecule has 0 aliphatic carbocycles. The van der Waals surface area contributed by atoms with E-state index in [0.717, 1.165) is 12.0 Å². The molecule has 0 aromatic heterocycles. The monoisotopic (exact) mass is 162 g/mol. The molecule has 0 N–H and O–H groups in total. The topological polar surface area (TPSA) is 9.23 Å². The molecule has 0 radical (unpaired) electrons. The van der Waals surface area contributed by atoms with E-state index in [2.05, 4.69) is 13.5 Å². The van der Waals surface area contributed by atoms with Gasteiger partial charge in [0.2, 0.25) is 0 Å². The molecule has 0 aromatic rings. The second kappa shape index (κ2) is 5.75. The van der Waals surface area contributed by atoms with Crippen LogP contribution in [-0.2, 0) is 4.74 Å². The zero-order chi connectivity index (χ0) is 7.98. The number of rotatable bonds is 5. The molecule has 10 heavy (non-hydrogen) atoms. The summed E-state index contributed by atoms with van der Waals surface area (Å²) < 4.78 is 5.36. The summed E-state index contributed by atoms with van der Waals surface area (Å²) in [6.45, 7) is 8.45. The summed E-state index contributed by atoms with van der Waals surface area (Å²) >= 11 is 5.50. The minimum absolute atomic E-state index is 0.319. The Morgan fingerprint density at radius 2 is 2.30 bits per heavy atom. The molecule has 0 aromatic carbocycles. The zero-order valence-electron chi connectivity index (χ0n) is 6.69. The van der Waals surface area contributed by atoms with Gasteiger partial charge in [0, 0.05) is 5.88 Å². The van der Waals surface area contributed by atoms with Crippen LogP contribution in [-0.4, -0.2) is 18.6 Å². The van der Waals surface area contributed by atoms with Crippen molar-refractivity contribution in [3.8, 4) is 0 Å². The maximum Gasteiger partial charge on any atom is 0.0689 e. The van der Waals surface area contributed by atoms with Crippen molar-refractivity contribution < 1.29 is 4.74 Å². The van der Waals surface area contributed by atoms with Gasteiger partial charge in [0.1, 0.15) is 0 Å². The highest BCUT2D eigenvalue weighted by Gasteiger charge is 1.98. The summed E-state index contributed by atoms with van der Waals surface area (Å²) in [4.78, 5) is 0. The number of ether oxygens (including phenoxy) is 1. The van der Waals surface area contributed by atoms with Crippen molar-refractivity contribution in [2.75, 3.05) is 12.5 Å². The quantitative estimate of drug-likeness (QED) is 0.446. The number of hydrogen-bond donors (Lipinski definition) is 0. The van der Waals surface area contributed by atoms with E-state index in [1.165, 1.54) is 0 Å². The molecule has 1 atom stereocenters. The van der Waals surface area contributed by atoms with Gasteiger partial charge in [-0.2, -0.15) is 0 Å². The summed E-state index contributed by atoms with van der Waals surface area (Å²) in [5.41, 5.74) is 0.946. The Kier molecular flexibility index (Phi) is 5.74. The molecular formula is C8H15ClO. The SMILES string of the molecule is C=C(CCl)COC(C)CC. The van der Waals surface area contributed by atoms with Gasteiger partial charge in [0.25, 0.3) is 0 Å². The highest BCUT2D eigenvalue weighted by atomic mass is 35.5. The van der Waals surface area contributed by atoms with Crippen LogP contribution < -0.4 is 0 Å². The summed E-state index contributed by atoms with van der Waals surface area (Å²) in [7, 11) is 0. The standard InChI is InChI=1S/C8H15ClO/c1-4-8(3)10-6-7(2)5-9/h8H,2,4-6H2,1,3H3. The van der Waals surface area contributed by atoms with Gasteiger partial charge in [-0.25, -0.2) is 0 Å². The smallest absolute Gasteiger partial charge is 0.0689 e. The lowest BCUT2D eigenvalue weighted by atomic mass is 10.3. The van der Waals surface area contributed by atoms with Crippen LogP contribution in [0.1, 0.15) is 20.3 Å². The largest absolute Gasteiger partial charge is 0.374 e. The third kappa shape index (κ3) is 4.83. The molecule has 1 nitrogen and oxygen atoms in total. The molecular weight excluding hydrogens is 148 g/mol. The Morgan fingerprint density at radius 1 is 1.70 bits per heavy atom. The molecule has 0 amide bonds. The van der Waals surface area contributed by atoms with Crippen molar-refractivity contribution in [2.24, 2.45) is 0 Å². The highest BCUT2D eigenvalue weighted by molar-refractivity contribution is 6.19. The van der Waals surface area contributed by atoms with Crippen molar-refractivity contribution in [1.29, 1.82) is 0 Å². The molecule has 0 heterocycles. The van der Waals surface area contributed by atoms with Crippen LogP contribution in [0.4, 0.5) is 0 Å². The Balaban J connectivity index is 3.26. The van der Waals surface area contributed by atoms with Gasteiger partial charge in [-0.15, -0.1) is 11.6 Å². The first kappa shape index (κ1) is 9.99. The summed E-state index contributed by atoms with van der Waals surface area (Å²) in [5.74, 6) is 0.496. The van der Waals surface area contributed by atoms with E-state index in [0.29, 0.717) is 18.6 Å². The fourth-order valence-electron chi connectivity index (χ4n) is 0.417. The number of hydrogen-bond acceptors (Lipinski definition) is 1. The minimum atomic E-state index is 0.319. The molecule has 0 aliphatic rings. The molecule has 60 valence electrons. The van der Waals surface area contributed by atoms with Crippen LogP contribution in [0.15, 0.2) is 12.2 Å². The van der Waals surface area contributed by atoms with Crippen molar-refractivity contribution in [3.63, 3.8) is 0 Å². The van der Waals surface area contributed by atoms with Gasteiger partial charge >= 0.3 is 0 Å². The van der Waals surface area contributed by atoms with Crippen molar-refractivity contribution in [2.45, 2.75) is 26.4 Å². The Hall–Kier alpha value is -0.0100. The second-order valence-corrected chi connectivity index (χ2v) is 2.68. The van der Waals surface area contributed by atoms with E-state index < -0.39 is 0 Å². The second-order valence-electron chi connectivity index (χ2n) is 2.41. The van der Waals surface area contributed by atoms with Crippen LogP contribution in [0.25, 0.3) is 0 Å². The first-order valence-corrected chi connectivity index (χ1v) is 4.08. The lowest BCUT2D eigenvalue weighted by Gasteiger charge is -2.10. The molecule has 0 aliphatic heterocycles. The summed E-state index contributed by atoms with van der Waals surface area (Å²) in [5, 5.41) is 0. The van der Waals surface area contributed by atoms with E-state index >= 15 is 0 Å². The van der Waals surface area contributed by atoms with Crippen LogP contribution in [0, 0.1) is 0 Å². The van der Waals surface area contributed by atoms with Gasteiger partial charge in [-0.05, 0) is 18.9 Å². The molecule has 0 rings (SSSR count). The maximum absolute atomic E-state index is 5.50. The molecule has 0 saturated carbocycles. The van der Waals surface area contributed by atoms with E-state index in [1.54, 1.807) is 0 Å². The van der Waals surface area contributed by atoms with E-state index in [4.69, 9.17) is 16.3 Å². The molecule has 0 saturated heterocycles. The Morgan fingerprint density at radius 3 is 2.70 bits per heavy atom. The van der Waals surface area contributed by atoms with Crippen LogP contribution in [0.5, 0.6) is 0 Å². The minimum Gasteiger partial charge on any atom is -0.374 e. The highest BCUT2D eigenvalue weighted by Crippen LogP contribution is 2.00. The summed E-state index contributed by atoms with van der Waals surface area (Å²) in [6.07, 6.45) is 1.36. The number of alkyl halides is 1. The molecule has 0 spiro atoms. The average Bonchev–Trinajstić information content (AvgIpc) is 1.99. The number of halogens is 1. The third-order valence-electron chi connectivity index (χ3n) is 1.34. The van der Waals surface area contributed by atoms with Crippen LogP contribution in [0.2, 0.25) is 0 Å². The Bertz CT molecular complexity index is 101. The van der Waals surface area contributed by atoms with Crippen molar-refractivity contribution >= 4 is 11.6 Å². The fourth-order valence-corrected chi connectivity index (χ4v) is 0.494. The van der Waals surface area contributed by atoms with Gasteiger partial charge in [-0.3, -0.25) is 0 Å². The first-order chi connectivity index (χ1) is 4.70. The van der Waals surface area contributed by atoms with Gasteiger partial charge < -0.3 is 4.74 Å². The lowest BCUT2D eigenvalue weighted by Crippen LogP contribution is -2.09. The molecule has 2 heteroatoms. The van der Waals surface area contributed by atoms with Crippen LogP contribution in [0.3, 0.4) is 0 Å². The molecule has 1 unspecified atom stereocenters. The lowest BCUT2D eigenvalue weighted by molar-refractivity contribution is 0.0813. The maximum atomic E-state index is 5.50. The molecule has 0 bridgehead atoms. The molecule has 0 fully saturated rings. The summed E-state index contributed by atoms with van der Waals surface area (Å²) in [6, 6.07) is 0. The first-order valence-electron chi connectivity index (χ1n) is 3.55. The third-order valence-corrected chi connectivity index (χ3v) is 1.71. The normalized spacial score (nSPS) is 13.1. The predicted molar refractivity (Wildman–Crippen MR) is 45.6 cm³/mol. The zero-order valence-corrected chi connectivity index (χ0v) is 7.45. The van der Waals surface area contributed by atoms with E-state index in [9.17, 15) is 0 Å². The van der Waals surface area contributed by atoms with Gasteiger partial charge in [-0.1, -0.05) is 13.5 Å².